The molecule has 0 bridgehead atoms. The van der Waals surface area contributed by atoms with Crippen molar-refractivity contribution in [2.45, 2.75) is 31.7 Å². The number of esters is 1. The lowest BCUT2D eigenvalue weighted by Crippen LogP contribution is -2.50. The van der Waals surface area contributed by atoms with E-state index < -0.39 is 18.5 Å². The number of hydrogen-bond acceptors (Lipinski definition) is 6. The van der Waals surface area contributed by atoms with Gasteiger partial charge in [0.05, 0.1) is 11.3 Å². The highest BCUT2D eigenvalue weighted by atomic mass is 16.5. The van der Waals surface area contributed by atoms with Crippen molar-refractivity contribution in [3.8, 4) is 0 Å². The van der Waals surface area contributed by atoms with Gasteiger partial charge >= 0.3 is 5.97 Å². The Bertz CT molecular complexity index is 1110. The SMILES string of the molecule is O=C(COC(=O)c1ccc(N2NC(=O)CCC2=O)cc1)Nc1cccc(C(=O)NC2CC2)c1. The van der Waals surface area contributed by atoms with Gasteiger partial charge in [0.25, 0.3) is 11.8 Å². The van der Waals surface area contributed by atoms with Crippen LogP contribution in [0.2, 0.25) is 0 Å². The van der Waals surface area contributed by atoms with E-state index in [4.69, 9.17) is 4.74 Å². The zero-order chi connectivity index (χ0) is 23.4. The molecule has 10 heteroatoms. The maximum Gasteiger partial charge on any atom is 0.338 e. The molecule has 10 nitrogen and oxygen atoms in total. The van der Waals surface area contributed by atoms with Gasteiger partial charge in [-0.1, -0.05) is 6.07 Å². The van der Waals surface area contributed by atoms with E-state index in [0.717, 1.165) is 17.9 Å². The number of carbonyl (C=O) groups excluding carboxylic acids is 5. The van der Waals surface area contributed by atoms with Crippen LogP contribution < -0.4 is 21.1 Å². The maximum atomic E-state index is 12.3. The first-order valence-electron chi connectivity index (χ1n) is 10.5. The predicted octanol–water partition coefficient (Wildman–Crippen LogP) is 1.53. The minimum absolute atomic E-state index is 0.110. The number of rotatable bonds is 7. The molecule has 2 aromatic carbocycles. The normalized spacial score (nSPS) is 15.5. The zero-order valence-electron chi connectivity index (χ0n) is 17.6. The van der Waals surface area contributed by atoms with Crippen LogP contribution in [0.15, 0.2) is 48.5 Å². The summed E-state index contributed by atoms with van der Waals surface area (Å²) in [4.78, 5) is 60.0. The van der Waals surface area contributed by atoms with E-state index in [1.54, 1.807) is 24.3 Å². The van der Waals surface area contributed by atoms with Gasteiger partial charge in [0, 0.05) is 30.1 Å². The Morgan fingerprint density at radius 1 is 1.00 bits per heavy atom. The molecule has 0 unspecified atom stereocenters. The highest BCUT2D eigenvalue weighted by molar-refractivity contribution is 6.02. The molecule has 1 saturated heterocycles. The summed E-state index contributed by atoms with van der Waals surface area (Å²) in [5.74, 6) is -1.99. The quantitative estimate of drug-likeness (QED) is 0.548. The average molecular weight is 450 g/mol. The van der Waals surface area contributed by atoms with Gasteiger partial charge < -0.3 is 15.4 Å². The fourth-order valence-corrected chi connectivity index (χ4v) is 3.18. The third-order valence-corrected chi connectivity index (χ3v) is 5.07. The van der Waals surface area contributed by atoms with E-state index in [-0.39, 0.29) is 42.2 Å². The maximum absolute atomic E-state index is 12.3. The molecule has 0 aromatic heterocycles. The van der Waals surface area contributed by atoms with E-state index in [1.807, 2.05) is 0 Å². The van der Waals surface area contributed by atoms with Gasteiger partial charge in [-0.25, -0.2) is 9.80 Å². The summed E-state index contributed by atoms with van der Waals surface area (Å²) in [6, 6.07) is 12.6. The molecule has 1 saturated carbocycles. The van der Waals surface area contributed by atoms with E-state index in [0.29, 0.717) is 16.9 Å². The van der Waals surface area contributed by atoms with E-state index in [9.17, 15) is 24.0 Å². The number of benzene rings is 2. The summed E-state index contributed by atoms with van der Waals surface area (Å²) in [6.45, 7) is -0.514. The number of nitrogens with zero attached hydrogens (tertiary/aromatic N) is 1. The molecule has 2 aliphatic rings. The Labute approximate surface area is 189 Å². The second kappa shape index (κ2) is 9.51. The Kier molecular flexibility index (Phi) is 6.34. The molecule has 4 rings (SSSR count). The Balaban J connectivity index is 1.28. The molecule has 2 fully saturated rings. The van der Waals surface area contributed by atoms with Gasteiger partial charge in [0.1, 0.15) is 0 Å². The minimum Gasteiger partial charge on any atom is -0.452 e. The first-order chi connectivity index (χ1) is 15.9. The van der Waals surface area contributed by atoms with Gasteiger partial charge in [-0.15, -0.1) is 0 Å². The summed E-state index contributed by atoms with van der Waals surface area (Å²) in [5, 5.41) is 6.60. The number of hydrazine groups is 1. The molecule has 0 atom stereocenters. The second-order valence-electron chi connectivity index (χ2n) is 7.76. The van der Waals surface area contributed by atoms with E-state index >= 15 is 0 Å². The second-order valence-corrected chi connectivity index (χ2v) is 7.76. The van der Waals surface area contributed by atoms with Crippen molar-refractivity contribution in [2.75, 3.05) is 16.9 Å². The molecular formula is C23H22N4O6. The molecule has 4 amide bonds. The third kappa shape index (κ3) is 5.73. The van der Waals surface area contributed by atoms with Crippen LogP contribution in [0.5, 0.6) is 0 Å². The number of hydrogen-bond donors (Lipinski definition) is 3. The lowest BCUT2D eigenvalue weighted by atomic mass is 10.2. The third-order valence-electron chi connectivity index (χ3n) is 5.07. The summed E-state index contributed by atoms with van der Waals surface area (Å²) >= 11 is 0. The monoisotopic (exact) mass is 450 g/mol. The van der Waals surface area contributed by atoms with Gasteiger partial charge in [0.15, 0.2) is 6.61 Å². The van der Waals surface area contributed by atoms with Gasteiger partial charge in [-0.05, 0) is 55.3 Å². The van der Waals surface area contributed by atoms with Crippen LogP contribution in [0.1, 0.15) is 46.4 Å². The van der Waals surface area contributed by atoms with Gasteiger partial charge in [0.2, 0.25) is 11.8 Å². The fourth-order valence-electron chi connectivity index (χ4n) is 3.18. The number of ether oxygens (including phenoxy) is 1. The van der Waals surface area contributed by atoms with Crippen LogP contribution in [-0.4, -0.2) is 42.2 Å². The highest BCUT2D eigenvalue weighted by Gasteiger charge is 2.25. The minimum atomic E-state index is -0.719. The Morgan fingerprint density at radius 3 is 2.48 bits per heavy atom. The number of anilines is 2. The van der Waals surface area contributed by atoms with Crippen LogP contribution in [0.25, 0.3) is 0 Å². The van der Waals surface area contributed by atoms with Crippen molar-refractivity contribution >= 4 is 41.0 Å². The lowest BCUT2D eigenvalue weighted by Gasteiger charge is -2.27. The van der Waals surface area contributed by atoms with Crippen molar-refractivity contribution in [1.29, 1.82) is 0 Å². The van der Waals surface area contributed by atoms with Crippen molar-refractivity contribution in [2.24, 2.45) is 0 Å². The molecule has 170 valence electrons. The van der Waals surface area contributed by atoms with Crippen molar-refractivity contribution < 1.29 is 28.7 Å². The summed E-state index contributed by atoms with van der Waals surface area (Å²) in [6.07, 6.45) is 2.20. The number of nitrogens with one attached hydrogen (secondary N) is 3. The summed E-state index contributed by atoms with van der Waals surface area (Å²) < 4.78 is 5.04. The predicted molar refractivity (Wildman–Crippen MR) is 117 cm³/mol. The molecule has 1 heterocycles. The number of amides is 4. The molecular weight excluding hydrogens is 428 g/mol. The topological polar surface area (TPSA) is 134 Å². The average Bonchev–Trinajstić information content (AvgIpc) is 3.63. The van der Waals surface area contributed by atoms with Crippen molar-refractivity contribution in [3.05, 3.63) is 59.7 Å². The highest BCUT2D eigenvalue weighted by Crippen LogP contribution is 2.20. The summed E-state index contributed by atoms with van der Waals surface area (Å²) in [7, 11) is 0. The van der Waals surface area contributed by atoms with Crippen molar-refractivity contribution in [1.82, 2.24) is 10.7 Å². The number of carbonyl (C=O) groups is 5. The van der Waals surface area contributed by atoms with Gasteiger partial charge in [-0.2, -0.15) is 0 Å². The van der Waals surface area contributed by atoms with Crippen LogP contribution >= 0.6 is 0 Å². The zero-order valence-corrected chi connectivity index (χ0v) is 17.6. The first-order valence-corrected chi connectivity index (χ1v) is 10.5. The van der Waals surface area contributed by atoms with E-state index in [2.05, 4.69) is 16.1 Å². The lowest BCUT2D eigenvalue weighted by molar-refractivity contribution is -0.130. The van der Waals surface area contributed by atoms with Crippen LogP contribution in [-0.2, 0) is 19.1 Å². The smallest absolute Gasteiger partial charge is 0.338 e. The molecule has 0 radical (unpaired) electrons. The van der Waals surface area contributed by atoms with Crippen LogP contribution in [0, 0.1) is 0 Å². The van der Waals surface area contributed by atoms with Crippen LogP contribution in [0.3, 0.4) is 0 Å². The molecule has 1 aliphatic heterocycles. The fraction of sp³-hybridized carbons (Fsp3) is 0.261. The van der Waals surface area contributed by atoms with E-state index in [1.165, 1.54) is 24.3 Å². The molecule has 0 spiro atoms. The Hall–Kier alpha value is -4.21. The molecule has 2 aromatic rings. The molecule has 33 heavy (non-hydrogen) atoms. The van der Waals surface area contributed by atoms with Crippen molar-refractivity contribution in [3.63, 3.8) is 0 Å². The first kappa shape index (κ1) is 22.0. The Morgan fingerprint density at radius 2 is 1.76 bits per heavy atom. The van der Waals surface area contributed by atoms with Crippen LogP contribution in [0.4, 0.5) is 11.4 Å². The largest absolute Gasteiger partial charge is 0.452 e. The molecule has 3 N–H and O–H groups in total. The van der Waals surface area contributed by atoms with Gasteiger partial charge in [-0.3, -0.25) is 24.6 Å². The standard InChI is InChI=1S/C23H22N4O6/c28-19-10-11-21(30)27(26-19)18-8-4-14(5-9-18)23(32)33-13-20(29)24-17-3-1-2-15(12-17)22(31)25-16-6-7-16/h1-5,8-9,12,16H,6-7,10-11,13H2,(H,24,29)(H,25,31)(H,26,28). The molecule has 1 aliphatic carbocycles. The summed E-state index contributed by atoms with van der Waals surface area (Å²) in [5.41, 5.74) is 3.90.